The van der Waals surface area contributed by atoms with Gasteiger partial charge in [0.15, 0.2) is 17.5 Å². The van der Waals surface area contributed by atoms with Crippen LogP contribution in [0.3, 0.4) is 0 Å². The minimum absolute atomic E-state index is 0.630. The molecule has 0 aliphatic rings. The van der Waals surface area contributed by atoms with E-state index in [2.05, 4.69) is 77.8 Å². The van der Waals surface area contributed by atoms with Crippen molar-refractivity contribution in [1.82, 2.24) is 19.9 Å². The predicted molar refractivity (Wildman–Crippen MR) is 172 cm³/mol. The zero-order valence-corrected chi connectivity index (χ0v) is 23.0. The number of aromatic nitrogens is 4. The average molecular weight is 557 g/mol. The molecule has 6 heteroatoms. The second-order valence-corrected chi connectivity index (χ2v) is 11.4. The van der Waals surface area contributed by atoms with Gasteiger partial charge in [-0.3, -0.25) is 4.98 Å². The number of furan rings is 1. The fourth-order valence-electron chi connectivity index (χ4n) is 5.76. The Bertz CT molecular complexity index is 2480. The van der Waals surface area contributed by atoms with Gasteiger partial charge in [0, 0.05) is 65.4 Å². The highest BCUT2D eigenvalue weighted by molar-refractivity contribution is 7.25. The van der Waals surface area contributed by atoms with Crippen LogP contribution in [0.2, 0.25) is 0 Å². The molecule has 196 valence electrons. The molecular formula is C36H20N4OS. The lowest BCUT2D eigenvalue weighted by Gasteiger charge is -2.09. The normalized spacial score (nSPS) is 11.8. The lowest BCUT2D eigenvalue weighted by Crippen LogP contribution is -2.00. The van der Waals surface area contributed by atoms with Crippen molar-refractivity contribution < 1.29 is 4.42 Å². The number of fused-ring (bicyclic) bond motifs is 8. The largest absolute Gasteiger partial charge is 0.455 e. The van der Waals surface area contributed by atoms with Gasteiger partial charge in [0.25, 0.3) is 0 Å². The molecule has 0 N–H and O–H groups in total. The number of pyridine rings is 1. The molecule has 0 amide bonds. The van der Waals surface area contributed by atoms with Crippen LogP contribution in [-0.2, 0) is 0 Å². The number of hydrogen-bond acceptors (Lipinski definition) is 6. The molecule has 0 fully saturated rings. The zero-order chi connectivity index (χ0) is 27.6. The van der Waals surface area contributed by atoms with E-state index in [4.69, 9.17) is 19.4 Å². The van der Waals surface area contributed by atoms with E-state index in [9.17, 15) is 0 Å². The Morgan fingerprint density at radius 1 is 0.500 bits per heavy atom. The Labute approximate surface area is 243 Å². The standard InChI is InChI=1S/C36H20N4OS/c1-2-6-21(7-3-1)34-38-35(40-36(39-34)24-12-15-32-28(19-24)26-8-4-5-9-31(26)42-32)23-11-13-25-22(18-23)10-14-27-29-20-37-17-16-30(29)41-33(25)27/h1-20H. The summed E-state index contributed by atoms with van der Waals surface area (Å²) in [7, 11) is 0. The van der Waals surface area contributed by atoms with Crippen LogP contribution in [0.5, 0.6) is 0 Å². The topological polar surface area (TPSA) is 64.7 Å². The highest BCUT2D eigenvalue weighted by atomic mass is 32.1. The summed E-state index contributed by atoms with van der Waals surface area (Å²) in [5.41, 5.74) is 4.52. The van der Waals surface area contributed by atoms with Crippen molar-refractivity contribution >= 4 is 64.2 Å². The maximum Gasteiger partial charge on any atom is 0.164 e. The molecule has 0 aliphatic carbocycles. The molecule has 0 unspecified atom stereocenters. The molecule has 5 nitrogen and oxygen atoms in total. The molecule has 0 aliphatic heterocycles. The Kier molecular flexibility index (Phi) is 5.00. The highest BCUT2D eigenvalue weighted by Gasteiger charge is 2.16. The second-order valence-electron chi connectivity index (χ2n) is 10.3. The van der Waals surface area contributed by atoms with E-state index < -0.39 is 0 Å². The lowest BCUT2D eigenvalue weighted by atomic mass is 10.0. The van der Waals surface area contributed by atoms with Gasteiger partial charge in [-0.2, -0.15) is 0 Å². The first-order valence-electron chi connectivity index (χ1n) is 13.7. The van der Waals surface area contributed by atoms with Gasteiger partial charge in [-0.1, -0.05) is 60.7 Å². The molecule has 4 heterocycles. The van der Waals surface area contributed by atoms with Crippen LogP contribution >= 0.6 is 11.3 Å². The maximum absolute atomic E-state index is 6.24. The summed E-state index contributed by atoms with van der Waals surface area (Å²) in [6.45, 7) is 0. The van der Waals surface area contributed by atoms with Crippen LogP contribution in [0.4, 0.5) is 0 Å². The summed E-state index contributed by atoms with van der Waals surface area (Å²) in [6.07, 6.45) is 3.61. The van der Waals surface area contributed by atoms with Crippen LogP contribution in [0.1, 0.15) is 0 Å². The van der Waals surface area contributed by atoms with Gasteiger partial charge in [0.1, 0.15) is 11.2 Å². The molecule has 9 aromatic rings. The monoisotopic (exact) mass is 556 g/mol. The van der Waals surface area contributed by atoms with E-state index in [0.29, 0.717) is 17.5 Å². The van der Waals surface area contributed by atoms with Crippen molar-refractivity contribution in [2.75, 3.05) is 0 Å². The van der Waals surface area contributed by atoms with Gasteiger partial charge >= 0.3 is 0 Å². The first kappa shape index (κ1) is 23.3. The van der Waals surface area contributed by atoms with Crippen LogP contribution in [0.25, 0.3) is 87.0 Å². The maximum atomic E-state index is 6.24. The summed E-state index contributed by atoms with van der Waals surface area (Å²) in [6, 6.07) is 37.5. The van der Waals surface area contributed by atoms with E-state index in [1.807, 2.05) is 42.6 Å². The Morgan fingerprint density at radius 2 is 1.21 bits per heavy atom. The first-order chi connectivity index (χ1) is 20.8. The first-order valence-corrected chi connectivity index (χ1v) is 14.5. The van der Waals surface area contributed by atoms with Crippen molar-refractivity contribution in [2.24, 2.45) is 0 Å². The van der Waals surface area contributed by atoms with Crippen LogP contribution < -0.4 is 0 Å². The minimum Gasteiger partial charge on any atom is -0.455 e. The van der Waals surface area contributed by atoms with Crippen LogP contribution in [0, 0.1) is 0 Å². The molecule has 0 saturated carbocycles. The Balaban J connectivity index is 1.24. The van der Waals surface area contributed by atoms with Gasteiger partial charge in [-0.05, 0) is 53.9 Å². The number of nitrogens with zero attached hydrogens (tertiary/aromatic N) is 4. The Morgan fingerprint density at radius 3 is 2.10 bits per heavy atom. The van der Waals surface area contributed by atoms with Crippen molar-refractivity contribution in [2.45, 2.75) is 0 Å². The van der Waals surface area contributed by atoms with Gasteiger partial charge < -0.3 is 4.42 Å². The molecule has 0 bridgehead atoms. The van der Waals surface area contributed by atoms with Gasteiger partial charge in [-0.15, -0.1) is 11.3 Å². The van der Waals surface area contributed by atoms with Gasteiger partial charge in [-0.25, -0.2) is 15.0 Å². The minimum atomic E-state index is 0.630. The summed E-state index contributed by atoms with van der Waals surface area (Å²) in [5.74, 6) is 1.92. The molecule has 5 aromatic carbocycles. The fourth-order valence-corrected chi connectivity index (χ4v) is 6.85. The van der Waals surface area contributed by atoms with E-state index >= 15 is 0 Å². The third-order valence-electron chi connectivity index (χ3n) is 7.81. The van der Waals surface area contributed by atoms with Crippen LogP contribution in [-0.4, -0.2) is 19.9 Å². The summed E-state index contributed by atoms with van der Waals surface area (Å²) in [4.78, 5) is 19.2. The summed E-state index contributed by atoms with van der Waals surface area (Å²) >= 11 is 1.80. The Hall–Kier alpha value is -5.46. The third kappa shape index (κ3) is 3.62. The lowest BCUT2D eigenvalue weighted by molar-refractivity contribution is 0.672. The number of hydrogen-bond donors (Lipinski definition) is 0. The number of benzene rings is 5. The van der Waals surface area contributed by atoms with Crippen molar-refractivity contribution in [3.8, 4) is 34.2 Å². The molecule has 4 aromatic heterocycles. The molecule has 42 heavy (non-hydrogen) atoms. The second kappa shape index (κ2) is 9.03. The fraction of sp³-hybridized carbons (Fsp3) is 0. The summed E-state index contributed by atoms with van der Waals surface area (Å²) in [5, 5.41) is 6.64. The average Bonchev–Trinajstić information content (AvgIpc) is 3.63. The zero-order valence-electron chi connectivity index (χ0n) is 22.2. The van der Waals surface area contributed by atoms with Crippen molar-refractivity contribution in [1.29, 1.82) is 0 Å². The predicted octanol–water partition coefficient (Wildman–Crippen LogP) is 9.69. The van der Waals surface area contributed by atoms with E-state index in [-0.39, 0.29) is 0 Å². The molecule has 0 atom stereocenters. The molecule has 9 rings (SSSR count). The SMILES string of the molecule is c1ccc(-c2nc(-c3ccc4c(ccc5c6cnccc6oc45)c3)nc(-c3ccc4sc5ccccc5c4c3)n2)cc1. The van der Waals surface area contributed by atoms with E-state index in [1.165, 1.54) is 20.2 Å². The van der Waals surface area contributed by atoms with Crippen molar-refractivity contribution in [3.05, 3.63) is 122 Å². The highest BCUT2D eigenvalue weighted by Crippen LogP contribution is 2.37. The van der Waals surface area contributed by atoms with Crippen molar-refractivity contribution in [3.63, 3.8) is 0 Å². The quantitative estimate of drug-likeness (QED) is 0.217. The number of thiophene rings is 1. The van der Waals surface area contributed by atoms with E-state index in [0.717, 1.165) is 49.4 Å². The number of rotatable bonds is 3. The molecular weight excluding hydrogens is 536 g/mol. The molecule has 0 saturated heterocycles. The third-order valence-corrected chi connectivity index (χ3v) is 8.97. The van der Waals surface area contributed by atoms with E-state index in [1.54, 1.807) is 17.5 Å². The van der Waals surface area contributed by atoms with Gasteiger partial charge in [0.2, 0.25) is 0 Å². The molecule has 0 radical (unpaired) electrons. The smallest absolute Gasteiger partial charge is 0.164 e. The summed E-state index contributed by atoms with van der Waals surface area (Å²) < 4.78 is 8.77. The molecule has 0 spiro atoms. The van der Waals surface area contributed by atoms with Gasteiger partial charge in [0.05, 0.1) is 0 Å². The van der Waals surface area contributed by atoms with Crippen LogP contribution in [0.15, 0.2) is 126 Å².